The molecule has 0 atom stereocenters. The van der Waals surface area contributed by atoms with Gasteiger partial charge in [-0.15, -0.1) is 0 Å². The third kappa shape index (κ3) is 3.29. The van der Waals surface area contributed by atoms with E-state index in [9.17, 15) is 14.0 Å². The Balaban J connectivity index is 2.16. The maximum Gasteiger partial charge on any atom is 0.328 e. The number of aromatic amines is 1. The summed E-state index contributed by atoms with van der Waals surface area (Å²) in [6, 6.07) is 3.74. The van der Waals surface area contributed by atoms with Crippen molar-refractivity contribution in [3.8, 4) is 0 Å². The van der Waals surface area contributed by atoms with Crippen LogP contribution in [0, 0.1) is 5.82 Å². The molecule has 0 aliphatic rings. The zero-order valence-electron chi connectivity index (χ0n) is 10.1. The van der Waals surface area contributed by atoms with E-state index in [0.29, 0.717) is 0 Å². The second kappa shape index (κ2) is 5.79. The molecule has 0 fully saturated rings. The van der Waals surface area contributed by atoms with Gasteiger partial charge in [-0.25, -0.2) is 14.2 Å². The fourth-order valence-electron chi connectivity index (χ4n) is 1.48. The second-order valence-corrected chi connectivity index (χ2v) is 3.80. The highest BCUT2D eigenvalue weighted by atomic mass is 19.1. The average molecular weight is 275 g/mol. The number of carboxylic acid groups (broad SMARTS) is 1. The fourth-order valence-corrected chi connectivity index (χ4v) is 1.48. The lowest BCUT2D eigenvalue weighted by Gasteiger charge is -2.03. The molecule has 2 rings (SSSR count). The van der Waals surface area contributed by atoms with Gasteiger partial charge in [0.15, 0.2) is 0 Å². The van der Waals surface area contributed by atoms with Crippen LogP contribution in [0.3, 0.4) is 0 Å². The van der Waals surface area contributed by atoms with Gasteiger partial charge in [-0.1, -0.05) is 6.07 Å². The van der Waals surface area contributed by atoms with E-state index < -0.39 is 17.7 Å². The second-order valence-electron chi connectivity index (χ2n) is 3.80. The molecule has 0 aliphatic heterocycles. The zero-order valence-corrected chi connectivity index (χ0v) is 10.1. The van der Waals surface area contributed by atoms with E-state index in [1.807, 2.05) is 0 Å². The topological polar surface area (TPSA) is 95.1 Å². The number of rotatable bonds is 4. The molecule has 7 heteroatoms. The van der Waals surface area contributed by atoms with Crippen LogP contribution in [-0.2, 0) is 4.79 Å². The first-order valence-corrected chi connectivity index (χ1v) is 5.57. The van der Waals surface area contributed by atoms with Crippen LogP contribution in [0.2, 0.25) is 0 Å². The van der Waals surface area contributed by atoms with Crippen molar-refractivity contribution in [2.24, 2.45) is 0 Å². The normalized spacial score (nSPS) is 10.7. The van der Waals surface area contributed by atoms with E-state index in [1.54, 1.807) is 0 Å². The molecule has 1 heterocycles. The van der Waals surface area contributed by atoms with Gasteiger partial charge in [-0.2, -0.15) is 0 Å². The number of aliphatic carboxylic acids is 1. The maximum atomic E-state index is 13.7. The number of halogens is 1. The first kappa shape index (κ1) is 13.5. The van der Waals surface area contributed by atoms with E-state index in [1.165, 1.54) is 24.5 Å². The van der Waals surface area contributed by atoms with Crippen LogP contribution in [0.5, 0.6) is 0 Å². The molecule has 0 radical (unpaired) electrons. The van der Waals surface area contributed by atoms with Gasteiger partial charge in [0, 0.05) is 29.6 Å². The minimum absolute atomic E-state index is 0.0851. The molecule has 20 heavy (non-hydrogen) atoms. The molecule has 1 amide bonds. The lowest BCUT2D eigenvalue weighted by atomic mass is 10.1. The number of nitrogens with one attached hydrogen (secondary N) is 2. The van der Waals surface area contributed by atoms with Crippen molar-refractivity contribution < 1.29 is 19.1 Å². The fraction of sp³-hybridized carbons (Fsp3) is 0. The Kier molecular flexibility index (Phi) is 3.90. The summed E-state index contributed by atoms with van der Waals surface area (Å²) in [5.74, 6) is -2.13. The van der Waals surface area contributed by atoms with Gasteiger partial charge in [-0.05, 0) is 18.2 Å². The van der Waals surface area contributed by atoms with Gasteiger partial charge in [0.25, 0.3) is 5.91 Å². The number of anilines is 1. The number of carbonyl (C=O) groups is 2. The Morgan fingerprint density at radius 1 is 1.40 bits per heavy atom. The third-order valence-electron chi connectivity index (χ3n) is 2.40. The van der Waals surface area contributed by atoms with Crippen molar-refractivity contribution in [3.05, 3.63) is 53.6 Å². The number of nitrogens with zero attached hydrogens (tertiary/aromatic N) is 1. The molecule has 2 aromatic rings. The van der Waals surface area contributed by atoms with Crippen molar-refractivity contribution in [1.82, 2.24) is 9.97 Å². The van der Waals surface area contributed by atoms with E-state index >= 15 is 0 Å². The number of amides is 1. The maximum absolute atomic E-state index is 13.7. The standard InChI is InChI=1S/C13H10FN3O3/c14-10-7-9(2-1-8(10)3-4-11(18)19)12(20)17-13-15-5-6-16-13/h1-7H,(H,18,19)(H2,15,16,17,20). The number of hydrogen-bond donors (Lipinski definition) is 3. The highest BCUT2D eigenvalue weighted by Crippen LogP contribution is 2.13. The minimum atomic E-state index is -1.18. The number of carboxylic acids is 1. The van der Waals surface area contributed by atoms with E-state index in [2.05, 4.69) is 15.3 Å². The summed E-state index contributed by atoms with van der Waals surface area (Å²) in [6.07, 6.45) is 4.94. The average Bonchev–Trinajstić information content (AvgIpc) is 2.89. The third-order valence-corrected chi connectivity index (χ3v) is 2.40. The Bertz CT molecular complexity index is 666. The lowest BCUT2D eigenvalue weighted by Crippen LogP contribution is -2.13. The molecule has 0 spiro atoms. The van der Waals surface area contributed by atoms with Crippen LogP contribution in [0.1, 0.15) is 15.9 Å². The molecule has 1 aromatic carbocycles. The van der Waals surface area contributed by atoms with E-state index in [-0.39, 0.29) is 17.1 Å². The van der Waals surface area contributed by atoms with Gasteiger partial charge in [-0.3, -0.25) is 10.1 Å². The molecule has 0 unspecified atom stereocenters. The zero-order chi connectivity index (χ0) is 14.5. The molecule has 0 bridgehead atoms. The van der Waals surface area contributed by atoms with Gasteiger partial charge in [0.05, 0.1) is 0 Å². The number of carbonyl (C=O) groups excluding carboxylic acids is 1. The molecule has 6 nitrogen and oxygen atoms in total. The summed E-state index contributed by atoms with van der Waals surface area (Å²) >= 11 is 0. The molecule has 3 N–H and O–H groups in total. The summed E-state index contributed by atoms with van der Waals surface area (Å²) in [4.78, 5) is 28.6. The molecular formula is C13H10FN3O3. The summed E-state index contributed by atoms with van der Waals surface area (Å²) < 4.78 is 13.7. The highest BCUT2D eigenvalue weighted by molar-refractivity contribution is 6.03. The summed E-state index contributed by atoms with van der Waals surface area (Å²) in [5.41, 5.74) is 0.188. The molecule has 0 aliphatic carbocycles. The van der Waals surface area contributed by atoms with Crippen LogP contribution in [0.25, 0.3) is 6.08 Å². The van der Waals surface area contributed by atoms with E-state index in [4.69, 9.17) is 5.11 Å². The van der Waals surface area contributed by atoms with Gasteiger partial charge in [0.2, 0.25) is 5.95 Å². The predicted octanol–water partition coefficient (Wildman–Crippen LogP) is 1.90. The number of imidazole rings is 1. The van der Waals surface area contributed by atoms with Gasteiger partial charge < -0.3 is 10.1 Å². The SMILES string of the molecule is O=C(O)C=Cc1ccc(C(=O)Nc2ncc[nH]2)cc1F. The quantitative estimate of drug-likeness (QED) is 0.742. The number of hydrogen-bond acceptors (Lipinski definition) is 3. The Hall–Kier alpha value is -2.96. The first-order chi connectivity index (χ1) is 9.56. The monoisotopic (exact) mass is 275 g/mol. The van der Waals surface area contributed by atoms with Crippen molar-refractivity contribution >= 4 is 23.9 Å². The van der Waals surface area contributed by atoms with Crippen molar-refractivity contribution in [2.45, 2.75) is 0 Å². The predicted molar refractivity (Wildman–Crippen MR) is 69.6 cm³/mol. The van der Waals surface area contributed by atoms with Crippen LogP contribution in [0.4, 0.5) is 10.3 Å². The van der Waals surface area contributed by atoms with Gasteiger partial charge in [0.1, 0.15) is 5.82 Å². The van der Waals surface area contributed by atoms with Crippen molar-refractivity contribution in [2.75, 3.05) is 5.32 Å². The van der Waals surface area contributed by atoms with Crippen molar-refractivity contribution in [1.29, 1.82) is 0 Å². The first-order valence-electron chi connectivity index (χ1n) is 5.57. The number of aromatic nitrogens is 2. The smallest absolute Gasteiger partial charge is 0.328 e. The number of benzene rings is 1. The number of H-pyrrole nitrogens is 1. The van der Waals surface area contributed by atoms with E-state index in [0.717, 1.165) is 18.2 Å². The largest absolute Gasteiger partial charge is 0.478 e. The molecule has 1 aromatic heterocycles. The minimum Gasteiger partial charge on any atom is -0.478 e. The van der Waals surface area contributed by atoms with Crippen LogP contribution in [0.15, 0.2) is 36.7 Å². The molecule has 0 saturated heterocycles. The molecule has 0 saturated carbocycles. The summed E-state index contributed by atoms with van der Waals surface area (Å²) in [6.45, 7) is 0. The van der Waals surface area contributed by atoms with Crippen LogP contribution >= 0.6 is 0 Å². The van der Waals surface area contributed by atoms with Crippen LogP contribution in [-0.4, -0.2) is 27.0 Å². The molecule has 102 valence electrons. The summed E-state index contributed by atoms with van der Waals surface area (Å²) in [5, 5.41) is 10.9. The Morgan fingerprint density at radius 2 is 2.20 bits per heavy atom. The lowest BCUT2D eigenvalue weighted by molar-refractivity contribution is -0.131. The van der Waals surface area contributed by atoms with Gasteiger partial charge >= 0.3 is 5.97 Å². The summed E-state index contributed by atoms with van der Waals surface area (Å²) in [7, 11) is 0. The molecular weight excluding hydrogens is 265 g/mol. The highest BCUT2D eigenvalue weighted by Gasteiger charge is 2.10. The van der Waals surface area contributed by atoms with Crippen molar-refractivity contribution in [3.63, 3.8) is 0 Å². The Labute approximate surface area is 113 Å². The Morgan fingerprint density at radius 3 is 2.80 bits per heavy atom. The van der Waals surface area contributed by atoms with Crippen LogP contribution < -0.4 is 5.32 Å².